The molecule has 0 saturated carbocycles. The van der Waals surface area contributed by atoms with Crippen LogP contribution in [-0.2, 0) is 11.4 Å². The minimum atomic E-state index is -0.833. The van der Waals surface area contributed by atoms with Crippen molar-refractivity contribution < 1.29 is 15.0 Å². The Morgan fingerprint density at radius 3 is 2.08 bits per heavy atom. The van der Waals surface area contributed by atoms with Gasteiger partial charge in [-0.15, -0.1) is 0 Å². The number of rotatable bonds is 1. The van der Waals surface area contributed by atoms with Crippen LogP contribution in [0, 0.1) is 0 Å². The largest absolute Gasteiger partial charge is 0.481 e. The van der Waals surface area contributed by atoms with Gasteiger partial charge in [-0.25, -0.2) is 0 Å². The van der Waals surface area contributed by atoms with Crippen LogP contribution in [0.4, 0.5) is 0 Å². The fraction of sp³-hybridized carbons (Fsp3) is 0.222. The lowest BCUT2D eigenvalue weighted by Gasteiger charge is -1.92. The molecular weight excluding hydrogens is 192 g/mol. The summed E-state index contributed by atoms with van der Waals surface area (Å²) >= 11 is 5.59. The van der Waals surface area contributed by atoms with Gasteiger partial charge in [-0.05, 0) is 17.7 Å². The van der Waals surface area contributed by atoms with Gasteiger partial charge in [0.15, 0.2) is 0 Å². The Bertz CT molecular complexity index is 252. The summed E-state index contributed by atoms with van der Waals surface area (Å²) in [4.78, 5) is 9.00. The molecule has 2 N–H and O–H groups in total. The standard InChI is InChI=1S/C7H7ClO.C2H4O2/c8-7-3-1-6(5-9)2-4-7;1-2(3)4/h1-4,9H,5H2;1H3,(H,3,4). The number of aliphatic hydroxyl groups excluding tert-OH is 1. The Morgan fingerprint density at radius 2 is 1.77 bits per heavy atom. The third-order valence-corrected chi connectivity index (χ3v) is 1.35. The SMILES string of the molecule is CC(=O)O.OCc1ccc(Cl)cc1. The minimum absolute atomic E-state index is 0.0805. The molecule has 0 radical (unpaired) electrons. The van der Waals surface area contributed by atoms with E-state index >= 15 is 0 Å². The lowest BCUT2D eigenvalue weighted by molar-refractivity contribution is -0.134. The molecule has 1 rings (SSSR count). The molecule has 1 aromatic rings. The third-order valence-electron chi connectivity index (χ3n) is 1.10. The van der Waals surface area contributed by atoms with Crippen molar-refractivity contribution in [2.24, 2.45) is 0 Å². The van der Waals surface area contributed by atoms with Crippen molar-refractivity contribution in [3.63, 3.8) is 0 Å². The van der Waals surface area contributed by atoms with E-state index in [-0.39, 0.29) is 6.61 Å². The molecule has 0 unspecified atom stereocenters. The van der Waals surface area contributed by atoms with Gasteiger partial charge in [0.2, 0.25) is 0 Å². The predicted octanol–water partition coefficient (Wildman–Crippen LogP) is 1.92. The van der Waals surface area contributed by atoms with E-state index in [2.05, 4.69) is 0 Å². The predicted molar refractivity (Wildman–Crippen MR) is 50.7 cm³/mol. The van der Waals surface area contributed by atoms with Crippen LogP contribution < -0.4 is 0 Å². The lowest BCUT2D eigenvalue weighted by atomic mass is 10.2. The Kier molecular flexibility index (Phi) is 5.93. The van der Waals surface area contributed by atoms with Crippen molar-refractivity contribution in [1.82, 2.24) is 0 Å². The fourth-order valence-electron chi connectivity index (χ4n) is 0.590. The van der Waals surface area contributed by atoms with Gasteiger partial charge in [0.05, 0.1) is 6.61 Å². The van der Waals surface area contributed by atoms with Gasteiger partial charge in [-0.2, -0.15) is 0 Å². The second-order valence-electron chi connectivity index (χ2n) is 2.30. The number of carboxylic acids is 1. The molecule has 0 aliphatic heterocycles. The summed E-state index contributed by atoms with van der Waals surface area (Å²) in [7, 11) is 0. The Balaban J connectivity index is 0.000000310. The van der Waals surface area contributed by atoms with Crippen LogP contribution in [0.25, 0.3) is 0 Å². The number of carbonyl (C=O) groups is 1. The number of hydrogen-bond acceptors (Lipinski definition) is 2. The highest BCUT2D eigenvalue weighted by Crippen LogP contribution is 2.08. The summed E-state index contributed by atoms with van der Waals surface area (Å²) < 4.78 is 0. The average Bonchev–Trinajstić information content (AvgIpc) is 2.05. The monoisotopic (exact) mass is 202 g/mol. The number of aliphatic hydroxyl groups is 1. The van der Waals surface area contributed by atoms with Gasteiger partial charge in [0.1, 0.15) is 0 Å². The summed E-state index contributed by atoms with van der Waals surface area (Å²) in [6.07, 6.45) is 0. The fourth-order valence-corrected chi connectivity index (χ4v) is 0.716. The van der Waals surface area contributed by atoms with Gasteiger partial charge in [-0.1, -0.05) is 23.7 Å². The normalized spacial score (nSPS) is 8.54. The van der Waals surface area contributed by atoms with Gasteiger partial charge in [0, 0.05) is 11.9 Å². The Hall–Kier alpha value is -1.06. The molecule has 0 spiro atoms. The molecule has 0 fully saturated rings. The maximum atomic E-state index is 9.00. The quantitative estimate of drug-likeness (QED) is 0.732. The zero-order chi connectivity index (χ0) is 10.3. The summed E-state index contributed by atoms with van der Waals surface area (Å²) in [6, 6.07) is 7.10. The summed E-state index contributed by atoms with van der Waals surface area (Å²) in [5.41, 5.74) is 0.888. The molecule has 1 aromatic carbocycles. The summed E-state index contributed by atoms with van der Waals surface area (Å²) in [6.45, 7) is 1.16. The van der Waals surface area contributed by atoms with Crippen LogP contribution in [0.5, 0.6) is 0 Å². The highest BCUT2D eigenvalue weighted by atomic mass is 35.5. The van der Waals surface area contributed by atoms with Crippen molar-refractivity contribution in [1.29, 1.82) is 0 Å². The molecule has 0 aliphatic carbocycles. The summed E-state index contributed by atoms with van der Waals surface area (Å²) in [5.74, 6) is -0.833. The van der Waals surface area contributed by atoms with Crippen molar-refractivity contribution in [2.45, 2.75) is 13.5 Å². The second-order valence-corrected chi connectivity index (χ2v) is 2.74. The van der Waals surface area contributed by atoms with Crippen molar-refractivity contribution in [3.05, 3.63) is 34.9 Å². The molecule has 4 heteroatoms. The van der Waals surface area contributed by atoms with Gasteiger partial charge in [0.25, 0.3) is 5.97 Å². The van der Waals surface area contributed by atoms with Crippen LogP contribution in [0.2, 0.25) is 5.02 Å². The first-order valence-electron chi connectivity index (χ1n) is 3.61. The van der Waals surface area contributed by atoms with E-state index in [1.54, 1.807) is 24.3 Å². The smallest absolute Gasteiger partial charge is 0.300 e. The molecule has 0 saturated heterocycles. The third kappa shape index (κ3) is 7.31. The van der Waals surface area contributed by atoms with Crippen molar-refractivity contribution in [2.75, 3.05) is 0 Å². The number of halogens is 1. The Labute approximate surface area is 81.6 Å². The minimum Gasteiger partial charge on any atom is -0.481 e. The average molecular weight is 203 g/mol. The Morgan fingerprint density at radius 1 is 1.38 bits per heavy atom. The molecule has 72 valence electrons. The van der Waals surface area contributed by atoms with E-state index in [9.17, 15) is 0 Å². The lowest BCUT2D eigenvalue weighted by Crippen LogP contribution is -1.79. The van der Waals surface area contributed by atoms with Crippen LogP contribution in [-0.4, -0.2) is 16.2 Å². The van der Waals surface area contributed by atoms with Crippen molar-refractivity contribution >= 4 is 17.6 Å². The van der Waals surface area contributed by atoms with E-state index in [4.69, 9.17) is 26.6 Å². The maximum Gasteiger partial charge on any atom is 0.300 e. The topological polar surface area (TPSA) is 57.5 Å². The molecule has 0 atom stereocenters. The molecule has 0 aromatic heterocycles. The maximum absolute atomic E-state index is 9.00. The van der Waals surface area contributed by atoms with Crippen LogP contribution in [0.15, 0.2) is 24.3 Å². The van der Waals surface area contributed by atoms with E-state index < -0.39 is 5.97 Å². The zero-order valence-corrected chi connectivity index (χ0v) is 7.95. The number of benzene rings is 1. The number of hydrogen-bond donors (Lipinski definition) is 2. The van der Waals surface area contributed by atoms with E-state index in [0.29, 0.717) is 5.02 Å². The van der Waals surface area contributed by atoms with E-state index in [1.807, 2.05) is 0 Å². The second kappa shape index (κ2) is 6.46. The first-order chi connectivity index (χ1) is 6.06. The van der Waals surface area contributed by atoms with Gasteiger partial charge >= 0.3 is 0 Å². The molecule has 0 amide bonds. The number of aliphatic carboxylic acids is 1. The van der Waals surface area contributed by atoms with E-state index in [0.717, 1.165) is 12.5 Å². The first-order valence-corrected chi connectivity index (χ1v) is 3.99. The first kappa shape index (κ1) is 11.9. The highest BCUT2D eigenvalue weighted by molar-refractivity contribution is 6.30. The molecule has 0 heterocycles. The molecule has 13 heavy (non-hydrogen) atoms. The zero-order valence-electron chi connectivity index (χ0n) is 7.20. The summed E-state index contributed by atoms with van der Waals surface area (Å²) in [5, 5.41) is 16.7. The van der Waals surface area contributed by atoms with Crippen LogP contribution in [0.3, 0.4) is 0 Å². The van der Waals surface area contributed by atoms with Gasteiger partial charge in [-0.3, -0.25) is 4.79 Å². The van der Waals surface area contributed by atoms with Gasteiger partial charge < -0.3 is 10.2 Å². The number of carboxylic acid groups (broad SMARTS) is 1. The highest BCUT2D eigenvalue weighted by Gasteiger charge is 1.87. The van der Waals surface area contributed by atoms with Crippen LogP contribution >= 0.6 is 11.6 Å². The molecule has 0 aliphatic rings. The van der Waals surface area contributed by atoms with Crippen LogP contribution in [0.1, 0.15) is 12.5 Å². The molecule has 3 nitrogen and oxygen atoms in total. The molecular formula is C9H11ClO3. The van der Waals surface area contributed by atoms with E-state index in [1.165, 1.54) is 0 Å². The van der Waals surface area contributed by atoms with Crippen molar-refractivity contribution in [3.8, 4) is 0 Å². The molecule has 0 bridgehead atoms.